The van der Waals surface area contributed by atoms with Crippen molar-refractivity contribution in [3.05, 3.63) is 11.8 Å². The summed E-state index contributed by atoms with van der Waals surface area (Å²) in [5.74, 6) is -0.466. The van der Waals surface area contributed by atoms with Crippen LogP contribution in [0.2, 0.25) is 0 Å². The monoisotopic (exact) mass is 282 g/mol. The molecule has 0 radical (unpaired) electrons. The highest BCUT2D eigenvalue weighted by molar-refractivity contribution is 7.98. The van der Waals surface area contributed by atoms with Gasteiger partial charge in [0.25, 0.3) is 0 Å². The van der Waals surface area contributed by atoms with Crippen LogP contribution in [0.1, 0.15) is 12.5 Å². The third-order valence-corrected chi connectivity index (χ3v) is 2.50. The Kier molecular flexibility index (Phi) is 5.21. The summed E-state index contributed by atoms with van der Waals surface area (Å²) in [6.07, 6.45) is -2.67. The Balaban J connectivity index is 3.04. The van der Waals surface area contributed by atoms with Gasteiger partial charge in [-0.3, -0.25) is 0 Å². The molecule has 1 rings (SSSR count). The fourth-order valence-corrected chi connectivity index (χ4v) is 1.53. The summed E-state index contributed by atoms with van der Waals surface area (Å²) in [6.45, 7) is 1.78. The lowest BCUT2D eigenvalue weighted by atomic mass is 10.3. The van der Waals surface area contributed by atoms with Gasteiger partial charge in [0.1, 0.15) is 11.7 Å². The van der Waals surface area contributed by atoms with E-state index in [1.54, 1.807) is 13.2 Å². The molecule has 0 fully saturated rings. The van der Waals surface area contributed by atoms with Crippen LogP contribution in [0.15, 0.2) is 11.4 Å². The zero-order valence-electron chi connectivity index (χ0n) is 10.1. The average Bonchev–Trinajstić information content (AvgIpc) is 2.27. The normalized spacial score (nSPS) is 13.4. The van der Waals surface area contributed by atoms with E-state index >= 15 is 0 Å². The molecule has 1 aromatic rings. The predicted molar refractivity (Wildman–Crippen MR) is 60.8 cm³/mol. The van der Waals surface area contributed by atoms with Crippen LogP contribution in [0.4, 0.5) is 13.2 Å². The van der Waals surface area contributed by atoms with E-state index in [9.17, 15) is 13.2 Å². The minimum absolute atomic E-state index is 0.176. The molecular weight excluding hydrogens is 269 g/mol. The number of alkyl halides is 3. The Labute approximate surface area is 107 Å². The number of thioether (sulfide) groups is 1. The number of nitrogens with zero attached hydrogens (tertiary/aromatic N) is 2. The molecule has 0 N–H and O–H groups in total. The summed E-state index contributed by atoms with van der Waals surface area (Å²) in [4.78, 5) is 7.33. The summed E-state index contributed by atoms with van der Waals surface area (Å²) in [5.41, 5.74) is -0.983. The summed E-state index contributed by atoms with van der Waals surface area (Å²) in [7, 11) is 1.44. The first-order valence-corrected chi connectivity index (χ1v) is 6.24. The second-order valence-corrected chi connectivity index (χ2v) is 4.23. The van der Waals surface area contributed by atoms with Crippen LogP contribution in [0.25, 0.3) is 0 Å². The first kappa shape index (κ1) is 15.0. The molecule has 102 valence electrons. The number of rotatable bonds is 5. The van der Waals surface area contributed by atoms with Crippen LogP contribution >= 0.6 is 11.8 Å². The summed E-state index contributed by atoms with van der Waals surface area (Å²) in [6, 6.07) is 0. The second-order valence-electron chi connectivity index (χ2n) is 3.46. The van der Waals surface area contributed by atoms with E-state index in [0.29, 0.717) is 0 Å². The minimum atomic E-state index is -4.54. The minimum Gasteiger partial charge on any atom is -0.472 e. The molecule has 0 aliphatic heterocycles. The molecule has 0 saturated heterocycles. The van der Waals surface area contributed by atoms with Gasteiger partial charge >= 0.3 is 6.18 Å². The molecule has 0 unspecified atom stereocenters. The lowest BCUT2D eigenvalue weighted by Crippen LogP contribution is -2.21. The summed E-state index contributed by atoms with van der Waals surface area (Å²) < 4.78 is 48.1. The Bertz CT molecular complexity index is 401. The largest absolute Gasteiger partial charge is 0.472 e. The van der Waals surface area contributed by atoms with E-state index in [2.05, 4.69) is 9.97 Å². The van der Waals surface area contributed by atoms with Gasteiger partial charge in [0, 0.05) is 13.3 Å². The Morgan fingerprint density at radius 3 is 2.61 bits per heavy atom. The third kappa shape index (κ3) is 4.02. The highest BCUT2D eigenvalue weighted by Crippen LogP contribution is 2.35. The van der Waals surface area contributed by atoms with Crippen molar-refractivity contribution in [3.63, 3.8) is 0 Å². The number of ether oxygens (including phenoxy) is 2. The van der Waals surface area contributed by atoms with Gasteiger partial charge in [-0.25, -0.2) is 4.98 Å². The number of methoxy groups -OCH3 is 1. The van der Waals surface area contributed by atoms with Crippen molar-refractivity contribution < 1.29 is 22.6 Å². The van der Waals surface area contributed by atoms with Crippen molar-refractivity contribution in [2.24, 2.45) is 0 Å². The van der Waals surface area contributed by atoms with Crippen molar-refractivity contribution in [1.29, 1.82) is 0 Å². The van der Waals surface area contributed by atoms with E-state index < -0.39 is 23.7 Å². The Morgan fingerprint density at radius 2 is 2.11 bits per heavy atom. The SMILES string of the molecule is COC[C@@H](C)Oc1nc(SC)ncc1C(F)(F)F. The zero-order chi connectivity index (χ0) is 13.8. The first-order valence-electron chi connectivity index (χ1n) is 5.02. The van der Waals surface area contributed by atoms with E-state index in [1.807, 2.05) is 0 Å². The van der Waals surface area contributed by atoms with Gasteiger partial charge in [0.2, 0.25) is 5.88 Å². The van der Waals surface area contributed by atoms with E-state index in [-0.39, 0.29) is 11.8 Å². The van der Waals surface area contributed by atoms with Crippen molar-refractivity contribution in [3.8, 4) is 5.88 Å². The molecular formula is C10H13F3N2O2S. The maximum absolute atomic E-state index is 12.7. The van der Waals surface area contributed by atoms with Crippen molar-refractivity contribution in [1.82, 2.24) is 9.97 Å². The molecule has 0 spiro atoms. The van der Waals surface area contributed by atoms with Crippen molar-refractivity contribution >= 4 is 11.8 Å². The van der Waals surface area contributed by atoms with E-state index in [4.69, 9.17) is 9.47 Å². The molecule has 0 saturated carbocycles. The van der Waals surface area contributed by atoms with E-state index in [1.165, 1.54) is 7.11 Å². The Hall–Kier alpha value is -1.02. The molecule has 0 aromatic carbocycles. The molecule has 4 nitrogen and oxygen atoms in total. The first-order chi connectivity index (χ1) is 8.38. The quantitative estimate of drug-likeness (QED) is 0.613. The molecule has 18 heavy (non-hydrogen) atoms. The maximum Gasteiger partial charge on any atom is 0.423 e. The number of aromatic nitrogens is 2. The van der Waals surface area contributed by atoms with Crippen molar-refractivity contribution in [2.75, 3.05) is 20.0 Å². The van der Waals surface area contributed by atoms with Gasteiger partial charge in [-0.1, -0.05) is 11.8 Å². The fourth-order valence-electron chi connectivity index (χ4n) is 1.19. The number of hydrogen-bond acceptors (Lipinski definition) is 5. The smallest absolute Gasteiger partial charge is 0.423 e. The lowest BCUT2D eigenvalue weighted by Gasteiger charge is -2.17. The molecule has 0 aliphatic carbocycles. The molecule has 0 bridgehead atoms. The van der Waals surface area contributed by atoms with Gasteiger partial charge < -0.3 is 9.47 Å². The standard InChI is InChI=1S/C10H13F3N2O2S/c1-6(5-16-2)17-8-7(10(11,12)13)4-14-9(15-8)18-3/h4,6H,5H2,1-3H3/t6-/m1/s1. The van der Waals surface area contributed by atoms with Gasteiger partial charge in [-0.05, 0) is 13.2 Å². The average molecular weight is 282 g/mol. The van der Waals surface area contributed by atoms with Gasteiger partial charge in [-0.2, -0.15) is 18.2 Å². The van der Waals surface area contributed by atoms with Gasteiger partial charge in [-0.15, -0.1) is 0 Å². The molecule has 0 aliphatic rings. The second kappa shape index (κ2) is 6.24. The van der Waals surface area contributed by atoms with Crippen LogP contribution in [0.5, 0.6) is 5.88 Å². The summed E-state index contributed by atoms with van der Waals surface area (Å²) in [5, 5.41) is 0.225. The molecule has 1 heterocycles. The fraction of sp³-hybridized carbons (Fsp3) is 0.600. The number of hydrogen-bond donors (Lipinski definition) is 0. The molecule has 1 aromatic heterocycles. The topological polar surface area (TPSA) is 44.2 Å². The van der Waals surface area contributed by atoms with Crippen LogP contribution in [0, 0.1) is 0 Å². The van der Waals surface area contributed by atoms with Crippen LogP contribution in [0.3, 0.4) is 0 Å². The van der Waals surface area contributed by atoms with Gasteiger partial charge in [0.15, 0.2) is 5.16 Å². The van der Waals surface area contributed by atoms with Gasteiger partial charge in [0.05, 0.1) is 6.61 Å². The summed E-state index contributed by atoms with van der Waals surface area (Å²) >= 11 is 1.14. The van der Waals surface area contributed by atoms with Crippen LogP contribution < -0.4 is 4.74 Å². The van der Waals surface area contributed by atoms with E-state index in [0.717, 1.165) is 18.0 Å². The third-order valence-electron chi connectivity index (χ3n) is 1.93. The van der Waals surface area contributed by atoms with Crippen LogP contribution in [-0.4, -0.2) is 36.0 Å². The molecule has 0 amide bonds. The number of halogens is 3. The predicted octanol–water partition coefficient (Wildman–Crippen LogP) is 2.63. The lowest BCUT2D eigenvalue weighted by molar-refractivity contribution is -0.140. The maximum atomic E-state index is 12.7. The zero-order valence-corrected chi connectivity index (χ0v) is 10.9. The van der Waals surface area contributed by atoms with Crippen molar-refractivity contribution in [2.45, 2.75) is 24.4 Å². The molecule has 8 heteroatoms. The molecule has 1 atom stereocenters. The highest BCUT2D eigenvalue weighted by atomic mass is 32.2. The Morgan fingerprint density at radius 1 is 1.44 bits per heavy atom. The van der Waals surface area contributed by atoms with Crippen LogP contribution in [-0.2, 0) is 10.9 Å². The highest BCUT2D eigenvalue weighted by Gasteiger charge is 2.36.